The highest BCUT2D eigenvalue weighted by molar-refractivity contribution is 5.91. The molecule has 4 atom stereocenters. The van der Waals surface area contributed by atoms with E-state index in [1.807, 2.05) is 0 Å². The molecule has 1 aliphatic rings. The van der Waals surface area contributed by atoms with Crippen molar-refractivity contribution in [1.82, 2.24) is 24.3 Å². The van der Waals surface area contributed by atoms with Crippen molar-refractivity contribution in [3.63, 3.8) is 0 Å². The highest BCUT2D eigenvalue weighted by atomic mass is 16.7. The van der Waals surface area contributed by atoms with Gasteiger partial charge in [0.15, 0.2) is 24.3 Å². The van der Waals surface area contributed by atoms with E-state index in [0.29, 0.717) is 5.56 Å². The lowest BCUT2D eigenvalue weighted by Crippen LogP contribution is -2.42. The predicted octanol–water partition coefficient (Wildman–Crippen LogP) is 3.03. The van der Waals surface area contributed by atoms with Gasteiger partial charge in [-0.05, 0) is 42.5 Å². The van der Waals surface area contributed by atoms with E-state index in [-0.39, 0.29) is 16.9 Å². The number of esters is 3. The molecule has 13 nitrogen and oxygen atoms in total. The fourth-order valence-electron chi connectivity index (χ4n) is 4.73. The van der Waals surface area contributed by atoms with E-state index < -0.39 is 54.7 Å². The minimum atomic E-state index is -1.36. The maximum atomic E-state index is 13.3. The molecule has 0 amide bonds. The Labute approximate surface area is 255 Å². The Balaban J connectivity index is 1.36. The molecule has 13 heteroatoms. The van der Waals surface area contributed by atoms with Crippen LogP contribution in [0.5, 0.6) is 0 Å². The second-order valence-electron chi connectivity index (χ2n) is 9.82. The van der Waals surface area contributed by atoms with Crippen LogP contribution in [-0.4, -0.2) is 67.1 Å². The summed E-state index contributed by atoms with van der Waals surface area (Å²) in [6, 6.07) is 26.1. The van der Waals surface area contributed by atoms with Gasteiger partial charge in [-0.2, -0.15) is 10.1 Å². The van der Waals surface area contributed by atoms with Crippen LogP contribution in [0.4, 0.5) is 0 Å². The third-order valence-electron chi connectivity index (χ3n) is 6.92. The first-order chi connectivity index (χ1) is 22.0. The fraction of sp³-hybridized carbons (Fsp3) is 0.156. The molecule has 1 fully saturated rings. The van der Waals surface area contributed by atoms with Gasteiger partial charge in [0.1, 0.15) is 25.4 Å². The van der Waals surface area contributed by atoms with Gasteiger partial charge in [0.25, 0.3) is 0 Å². The molecule has 226 valence electrons. The van der Waals surface area contributed by atoms with Crippen LogP contribution in [-0.2, 0) is 18.9 Å². The van der Waals surface area contributed by atoms with Gasteiger partial charge < -0.3 is 18.9 Å². The second-order valence-corrected chi connectivity index (χ2v) is 9.82. The van der Waals surface area contributed by atoms with Crippen molar-refractivity contribution in [3.05, 3.63) is 143 Å². The first kappa shape index (κ1) is 29.1. The summed E-state index contributed by atoms with van der Waals surface area (Å²) in [5, 5.41) is 3.98. The highest BCUT2D eigenvalue weighted by Crippen LogP contribution is 2.35. The van der Waals surface area contributed by atoms with E-state index in [2.05, 4.69) is 15.1 Å². The number of ether oxygens (including phenoxy) is 4. The number of hydrogen-bond donors (Lipinski definition) is 0. The zero-order chi connectivity index (χ0) is 31.2. The zero-order valence-corrected chi connectivity index (χ0v) is 23.5. The quantitative estimate of drug-likeness (QED) is 0.179. The number of rotatable bonds is 9. The standard InChI is InChI=1S/C32H25N5O8/c38-29(21-10-4-1-5-11-21)42-18-24-26(44-30(39)22-12-6-2-7-13-22)27(45-31(40)23-14-8-3-9-15-23)28(43-24)36-17-16-25(35-32(36)41)37-20-33-19-34-37/h1-17,19-20,24,26-28H,18H2. The van der Waals surface area contributed by atoms with E-state index in [0.717, 1.165) is 4.57 Å². The summed E-state index contributed by atoms with van der Waals surface area (Å²) >= 11 is 0. The molecular formula is C32H25N5O8. The lowest BCUT2D eigenvalue weighted by molar-refractivity contribution is -0.0639. The number of nitrogens with zero attached hydrogens (tertiary/aromatic N) is 5. The van der Waals surface area contributed by atoms with Gasteiger partial charge in [0.05, 0.1) is 16.7 Å². The fourth-order valence-corrected chi connectivity index (χ4v) is 4.73. The molecule has 45 heavy (non-hydrogen) atoms. The lowest BCUT2D eigenvalue weighted by Gasteiger charge is -2.25. The highest BCUT2D eigenvalue weighted by Gasteiger charge is 2.51. The monoisotopic (exact) mass is 607 g/mol. The van der Waals surface area contributed by atoms with Gasteiger partial charge in [-0.3, -0.25) is 4.57 Å². The van der Waals surface area contributed by atoms with Crippen LogP contribution in [0.15, 0.2) is 121 Å². The average Bonchev–Trinajstić information content (AvgIpc) is 3.74. The van der Waals surface area contributed by atoms with E-state index >= 15 is 0 Å². The summed E-state index contributed by atoms with van der Waals surface area (Å²) < 4.78 is 25.9. The first-order valence-electron chi connectivity index (χ1n) is 13.8. The molecule has 5 aromatic rings. The van der Waals surface area contributed by atoms with Gasteiger partial charge >= 0.3 is 23.6 Å². The third-order valence-corrected chi connectivity index (χ3v) is 6.92. The van der Waals surface area contributed by atoms with Crippen LogP contribution in [0.2, 0.25) is 0 Å². The topological polar surface area (TPSA) is 154 Å². The van der Waals surface area contributed by atoms with Crippen LogP contribution in [0.1, 0.15) is 37.3 Å². The van der Waals surface area contributed by atoms with E-state index in [4.69, 9.17) is 18.9 Å². The first-order valence-corrected chi connectivity index (χ1v) is 13.8. The number of benzene rings is 3. The maximum Gasteiger partial charge on any atom is 0.351 e. The van der Waals surface area contributed by atoms with Crippen LogP contribution in [0.25, 0.3) is 5.82 Å². The molecule has 0 saturated carbocycles. The van der Waals surface area contributed by atoms with Crippen molar-refractivity contribution in [1.29, 1.82) is 0 Å². The number of aromatic nitrogens is 5. The molecule has 1 saturated heterocycles. The van der Waals surface area contributed by atoms with Crippen LogP contribution >= 0.6 is 0 Å². The molecule has 0 spiro atoms. The summed E-state index contributed by atoms with van der Waals surface area (Å²) in [7, 11) is 0. The summed E-state index contributed by atoms with van der Waals surface area (Å²) in [6.45, 7) is -0.393. The predicted molar refractivity (Wildman–Crippen MR) is 155 cm³/mol. The Kier molecular flexibility index (Phi) is 8.51. The molecule has 3 aromatic carbocycles. The molecule has 4 unspecified atom stereocenters. The lowest BCUT2D eigenvalue weighted by atomic mass is 10.1. The summed E-state index contributed by atoms with van der Waals surface area (Å²) in [4.78, 5) is 60.6. The normalized spacial score (nSPS) is 19.0. The summed E-state index contributed by atoms with van der Waals surface area (Å²) in [6.07, 6.45) is -1.09. The van der Waals surface area contributed by atoms with Gasteiger partial charge in [-0.25, -0.2) is 28.8 Å². The van der Waals surface area contributed by atoms with Crippen molar-refractivity contribution in [3.8, 4) is 5.82 Å². The Morgan fingerprint density at radius 2 is 1.29 bits per heavy atom. The minimum Gasteiger partial charge on any atom is -0.459 e. The Morgan fingerprint density at radius 1 is 0.733 bits per heavy atom. The molecular weight excluding hydrogens is 582 g/mol. The van der Waals surface area contributed by atoms with E-state index in [9.17, 15) is 19.2 Å². The molecule has 0 bridgehead atoms. The Bertz CT molecular complexity index is 1830. The summed E-state index contributed by atoms with van der Waals surface area (Å²) in [5.74, 6) is -1.95. The number of carbonyl (C=O) groups excluding carboxylic acids is 3. The van der Waals surface area contributed by atoms with Gasteiger partial charge in [0, 0.05) is 6.20 Å². The largest absolute Gasteiger partial charge is 0.459 e. The Hall–Kier alpha value is -5.95. The minimum absolute atomic E-state index is 0.185. The van der Waals surface area contributed by atoms with Crippen molar-refractivity contribution >= 4 is 17.9 Å². The van der Waals surface area contributed by atoms with Crippen molar-refractivity contribution in [2.24, 2.45) is 0 Å². The van der Waals surface area contributed by atoms with Gasteiger partial charge in [-0.15, -0.1) is 0 Å². The van der Waals surface area contributed by atoms with E-state index in [1.54, 1.807) is 91.0 Å². The van der Waals surface area contributed by atoms with Gasteiger partial charge in [-0.1, -0.05) is 54.6 Å². The van der Waals surface area contributed by atoms with Crippen molar-refractivity contribution in [2.45, 2.75) is 24.5 Å². The molecule has 0 radical (unpaired) electrons. The van der Waals surface area contributed by atoms with Crippen LogP contribution < -0.4 is 5.69 Å². The summed E-state index contributed by atoms with van der Waals surface area (Å²) in [5.41, 5.74) is -0.0367. The SMILES string of the molecule is O=C(OCC1OC(n2ccc(-n3cncn3)nc2=O)C(OC(=O)c2ccccc2)C1OC(=O)c1ccccc1)c1ccccc1. The molecule has 0 aliphatic carbocycles. The second kappa shape index (κ2) is 13.1. The average molecular weight is 608 g/mol. The zero-order valence-electron chi connectivity index (χ0n) is 23.5. The molecule has 0 N–H and O–H groups in total. The van der Waals surface area contributed by atoms with Crippen LogP contribution in [0, 0.1) is 0 Å². The molecule has 3 heterocycles. The smallest absolute Gasteiger partial charge is 0.351 e. The van der Waals surface area contributed by atoms with E-state index in [1.165, 1.54) is 29.6 Å². The maximum absolute atomic E-state index is 13.3. The van der Waals surface area contributed by atoms with Crippen molar-refractivity contribution < 1.29 is 33.3 Å². The van der Waals surface area contributed by atoms with Crippen LogP contribution in [0.3, 0.4) is 0 Å². The Morgan fingerprint density at radius 3 is 1.82 bits per heavy atom. The number of hydrogen-bond acceptors (Lipinski definition) is 11. The molecule has 1 aliphatic heterocycles. The van der Waals surface area contributed by atoms with Gasteiger partial charge in [0.2, 0.25) is 0 Å². The third kappa shape index (κ3) is 6.53. The molecule has 6 rings (SSSR count). The molecule has 2 aromatic heterocycles. The number of carbonyl (C=O) groups is 3. The van der Waals surface area contributed by atoms with Crippen molar-refractivity contribution in [2.75, 3.05) is 6.61 Å².